The van der Waals surface area contributed by atoms with E-state index in [1.165, 1.54) is 0 Å². The van der Waals surface area contributed by atoms with Crippen LogP contribution in [0.5, 0.6) is 0 Å². The normalized spacial score (nSPS) is 27.1. The van der Waals surface area contributed by atoms with E-state index < -0.39 is 12.0 Å². The number of benzene rings is 1. The Morgan fingerprint density at radius 1 is 1.29 bits per heavy atom. The number of aliphatic hydroxyl groups is 1. The predicted octanol–water partition coefficient (Wildman–Crippen LogP) is 0.651. The van der Waals surface area contributed by atoms with E-state index in [1.54, 1.807) is 0 Å². The molecule has 3 heteroatoms. The van der Waals surface area contributed by atoms with Gasteiger partial charge < -0.3 is 10.4 Å². The fraction of sp³-hybridized carbons (Fsp3) is 0.364. The Morgan fingerprint density at radius 2 is 2.00 bits per heavy atom. The third-order valence-corrected chi connectivity index (χ3v) is 2.57. The molecule has 1 aromatic carbocycles. The molecule has 0 spiro atoms. The molecule has 74 valence electrons. The molecule has 14 heavy (non-hydrogen) atoms. The topological polar surface area (TPSA) is 49.3 Å². The molecule has 1 aliphatic heterocycles. The molecule has 1 amide bonds. The van der Waals surface area contributed by atoms with Gasteiger partial charge in [-0.2, -0.15) is 0 Å². The highest BCUT2D eigenvalue weighted by molar-refractivity contribution is 5.85. The maximum atomic E-state index is 11.5. The Kier molecular flexibility index (Phi) is 2.50. The summed E-state index contributed by atoms with van der Waals surface area (Å²) in [6.45, 7) is 0.573. The molecule has 0 bridgehead atoms. The van der Waals surface area contributed by atoms with Crippen molar-refractivity contribution in [2.45, 2.75) is 18.4 Å². The molecule has 1 fully saturated rings. The second kappa shape index (κ2) is 3.80. The molecule has 0 aliphatic carbocycles. The van der Waals surface area contributed by atoms with Crippen molar-refractivity contribution < 1.29 is 9.90 Å². The SMILES string of the molecule is O=C1NCCC(O)C1c1ccccc1. The zero-order valence-electron chi connectivity index (χ0n) is 7.81. The van der Waals surface area contributed by atoms with Gasteiger partial charge in [-0.3, -0.25) is 4.79 Å². The van der Waals surface area contributed by atoms with E-state index in [4.69, 9.17) is 0 Å². The maximum absolute atomic E-state index is 11.5. The number of hydrogen-bond donors (Lipinski definition) is 2. The molecule has 1 saturated heterocycles. The van der Waals surface area contributed by atoms with Crippen LogP contribution in [-0.2, 0) is 4.79 Å². The molecule has 2 rings (SSSR count). The summed E-state index contributed by atoms with van der Waals surface area (Å²) in [6, 6.07) is 9.40. The number of hydrogen-bond acceptors (Lipinski definition) is 2. The fourth-order valence-electron chi connectivity index (χ4n) is 1.83. The highest BCUT2D eigenvalue weighted by atomic mass is 16.3. The minimum absolute atomic E-state index is 0.0741. The zero-order valence-corrected chi connectivity index (χ0v) is 7.81. The number of carbonyl (C=O) groups excluding carboxylic acids is 1. The summed E-state index contributed by atoms with van der Waals surface area (Å²) in [4.78, 5) is 11.5. The van der Waals surface area contributed by atoms with Gasteiger partial charge in [-0.05, 0) is 12.0 Å². The van der Waals surface area contributed by atoms with Crippen LogP contribution in [0.4, 0.5) is 0 Å². The van der Waals surface area contributed by atoms with Crippen LogP contribution in [0.2, 0.25) is 0 Å². The number of rotatable bonds is 1. The van der Waals surface area contributed by atoms with Gasteiger partial charge in [-0.25, -0.2) is 0 Å². The molecule has 0 saturated carbocycles. The lowest BCUT2D eigenvalue weighted by Gasteiger charge is -2.27. The van der Waals surface area contributed by atoms with Gasteiger partial charge in [0.05, 0.1) is 12.0 Å². The standard InChI is InChI=1S/C11H13NO2/c13-9-6-7-12-11(14)10(9)8-4-2-1-3-5-8/h1-5,9-10,13H,6-7H2,(H,12,14). The number of aliphatic hydroxyl groups excluding tert-OH is 1. The molecule has 1 aliphatic rings. The van der Waals surface area contributed by atoms with Crippen molar-refractivity contribution in [3.63, 3.8) is 0 Å². The van der Waals surface area contributed by atoms with Crippen molar-refractivity contribution >= 4 is 5.91 Å². The van der Waals surface area contributed by atoms with Crippen LogP contribution in [0, 0.1) is 0 Å². The van der Waals surface area contributed by atoms with Crippen molar-refractivity contribution in [3.8, 4) is 0 Å². The van der Waals surface area contributed by atoms with Crippen molar-refractivity contribution in [1.82, 2.24) is 5.32 Å². The van der Waals surface area contributed by atoms with E-state index in [0.29, 0.717) is 13.0 Å². The zero-order chi connectivity index (χ0) is 9.97. The molecule has 1 aromatic rings. The number of nitrogens with one attached hydrogen (secondary N) is 1. The molecular weight excluding hydrogens is 178 g/mol. The van der Waals surface area contributed by atoms with Crippen LogP contribution >= 0.6 is 0 Å². The Labute approximate surface area is 82.8 Å². The first kappa shape index (κ1) is 9.21. The van der Waals surface area contributed by atoms with Gasteiger partial charge in [-0.15, -0.1) is 0 Å². The summed E-state index contributed by atoms with van der Waals surface area (Å²) in [5, 5.41) is 12.5. The molecule has 0 aromatic heterocycles. The average Bonchev–Trinajstić information content (AvgIpc) is 2.19. The van der Waals surface area contributed by atoms with Gasteiger partial charge in [0.15, 0.2) is 0 Å². The lowest BCUT2D eigenvalue weighted by Crippen LogP contribution is -2.43. The first-order valence-electron chi connectivity index (χ1n) is 4.80. The van der Waals surface area contributed by atoms with Crippen molar-refractivity contribution in [1.29, 1.82) is 0 Å². The summed E-state index contributed by atoms with van der Waals surface area (Å²) in [5.41, 5.74) is 0.886. The third kappa shape index (κ3) is 1.63. The molecule has 2 atom stereocenters. The van der Waals surface area contributed by atoms with Crippen molar-refractivity contribution in [2.75, 3.05) is 6.54 Å². The van der Waals surface area contributed by atoms with Crippen LogP contribution in [-0.4, -0.2) is 23.7 Å². The second-order valence-corrected chi connectivity index (χ2v) is 3.54. The van der Waals surface area contributed by atoms with Gasteiger partial charge in [0.25, 0.3) is 0 Å². The highest BCUT2D eigenvalue weighted by Crippen LogP contribution is 2.24. The third-order valence-electron chi connectivity index (χ3n) is 2.57. The largest absolute Gasteiger partial charge is 0.392 e. The summed E-state index contributed by atoms with van der Waals surface area (Å²) < 4.78 is 0. The Balaban J connectivity index is 2.27. The van der Waals surface area contributed by atoms with E-state index >= 15 is 0 Å². The van der Waals surface area contributed by atoms with Crippen LogP contribution < -0.4 is 5.32 Å². The van der Waals surface area contributed by atoms with Crippen LogP contribution in [0.3, 0.4) is 0 Å². The highest BCUT2D eigenvalue weighted by Gasteiger charge is 2.31. The van der Waals surface area contributed by atoms with E-state index in [-0.39, 0.29) is 5.91 Å². The molecule has 3 nitrogen and oxygen atoms in total. The van der Waals surface area contributed by atoms with Gasteiger partial charge >= 0.3 is 0 Å². The smallest absolute Gasteiger partial charge is 0.230 e. The lowest BCUT2D eigenvalue weighted by molar-refractivity contribution is -0.127. The van der Waals surface area contributed by atoms with E-state index in [0.717, 1.165) is 5.56 Å². The number of carbonyl (C=O) groups is 1. The fourth-order valence-corrected chi connectivity index (χ4v) is 1.83. The summed E-state index contributed by atoms with van der Waals surface area (Å²) in [7, 11) is 0. The van der Waals surface area contributed by atoms with Gasteiger partial charge in [0, 0.05) is 6.54 Å². The van der Waals surface area contributed by atoms with Crippen LogP contribution in [0.15, 0.2) is 30.3 Å². The predicted molar refractivity (Wildman–Crippen MR) is 52.8 cm³/mol. The van der Waals surface area contributed by atoms with Crippen molar-refractivity contribution in [2.24, 2.45) is 0 Å². The van der Waals surface area contributed by atoms with Crippen molar-refractivity contribution in [3.05, 3.63) is 35.9 Å². The summed E-state index contributed by atoms with van der Waals surface area (Å²) >= 11 is 0. The monoisotopic (exact) mass is 191 g/mol. The molecule has 0 radical (unpaired) electrons. The Morgan fingerprint density at radius 3 is 2.64 bits per heavy atom. The second-order valence-electron chi connectivity index (χ2n) is 3.54. The minimum atomic E-state index is -0.550. The van der Waals surface area contributed by atoms with Gasteiger partial charge in [0.1, 0.15) is 0 Å². The van der Waals surface area contributed by atoms with Gasteiger partial charge in [-0.1, -0.05) is 30.3 Å². The van der Waals surface area contributed by atoms with Crippen LogP contribution in [0.1, 0.15) is 17.9 Å². The molecular formula is C11H13NO2. The first-order valence-corrected chi connectivity index (χ1v) is 4.80. The lowest BCUT2D eigenvalue weighted by atomic mass is 9.88. The van der Waals surface area contributed by atoms with E-state index in [2.05, 4.69) is 5.32 Å². The van der Waals surface area contributed by atoms with Gasteiger partial charge in [0.2, 0.25) is 5.91 Å². The Hall–Kier alpha value is -1.35. The molecule has 2 N–H and O–H groups in total. The molecule has 2 unspecified atom stereocenters. The summed E-state index contributed by atoms with van der Waals surface area (Å²) in [6.07, 6.45) is 0.0804. The number of amides is 1. The summed E-state index contributed by atoms with van der Waals surface area (Å²) in [5.74, 6) is -0.472. The average molecular weight is 191 g/mol. The van der Waals surface area contributed by atoms with E-state index in [1.807, 2.05) is 30.3 Å². The quantitative estimate of drug-likeness (QED) is 0.684. The minimum Gasteiger partial charge on any atom is -0.392 e. The van der Waals surface area contributed by atoms with Crippen LogP contribution in [0.25, 0.3) is 0 Å². The van der Waals surface area contributed by atoms with E-state index in [9.17, 15) is 9.90 Å². The Bertz CT molecular complexity index is 323. The first-order chi connectivity index (χ1) is 6.79. The number of piperidine rings is 1. The maximum Gasteiger partial charge on any atom is 0.230 e. The molecule has 1 heterocycles.